The van der Waals surface area contributed by atoms with Gasteiger partial charge in [0.2, 0.25) is 0 Å². The first-order chi connectivity index (χ1) is 8.83. The molecular weight excluding hydrogens is 505 g/mol. The molecule has 1 aliphatic rings. The van der Waals surface area contributed by atoms with Crippen LogP contribution in [-0.4, -0.2) is 34.7 Å². The third-order valence-electron chi connectivity index (χ3n) is 3.07. The van der Waals surface area contributed by atoms with Crippen LogP contribution in [0.1, 0.15) is 30.9 Å². The predicted octanol–water partition coefficient (Wildman–Crippen LogP) is 3.37. The summed E-state index contributed by atoms with van der Waals surface area (Å²) in [7, 11) is 1.75. The monoisotopic (exact) mass is 523 g/mol. The van der Waals surface area contributed by atoms with Crippen LogP contribution in [0, 0.1) is 0 Å². The van der Waals surface area contributed by atoms with Crippen molar-refractivity contribution in [2.45, 2.75) is 25.3 Å². The van der Waals surface area contributed by atoms with E-state index in [1.165, 1.54) is 24.8 Å². The maximum absolute atomic E-state index is 9.03. The number of halogens is 2. The summed E-state index contributed by atoms with van der Waals surface area (Å²) in [4.78, 5) is 6.53. The van der Waals surface area contributed by atoms with Crippen LogP contribution in [0.15, 0.2) is 24.5 Å². The number of aliphatic hydroxyl groups excluding tert-OH is 1. The quantitative estimate of drug-likeness (QED) is 0.488. The van der Waals surface area contributed by atoms with E-state index in [4.69, 9.17) is 5.11 Å². The van der Waals surface area contributed by atoms with E-state index in [9.17, 15) is 0 Å². The number of piperidine rings is 1. The molecule has 3 nitrogen and oxygen atoms in total. The minimum absolute atomic E-state index is 0.247. The number of hydrogen-bond donors (Lipinski definition) is 1. The summed E-state index contributed by atoms with van der Waals surface area (Å²) in [5, 5.41) is 9.03. The Balaban J connectivity index is 0.000000492. The first-order valence-electron chi connectivity index (χ1n) is 5.89. The second-order valence-corrected chi connectivity index (χ2v) is 12.0. The summed E-state index contributed by atoms with van der Waals surface area (Å²) in [5.41, 5.74) is 1.28. The summed E-state index contributed by atoms with van der Waals surface area (Å²) in [6.45, 7) is 2.12. The Morgan fingerprint density at radius 2 is 2.22 bits per heavy atom. The second kappa shape index (κ2) is 10.8. The van der Waals surface area contributed by atoms with Gasteiger partial charge in [-0.05, 0) is 31.0 Å². The zero-order valence-corrected chi connectivity index (χ0v) is 15.3. The molecule has 0 spiro atoms. The predicted molar refractivity (Wildman–Crippen MR) is 87.5 cm³/mol. The Hall–Kier alpha value is 1.05. The molecule has 1 aliphatic heterocycles. The molecule has 1 aromatic heterocycles. The minimum atomic E-state index is 0.247. The zero-order chi connectivity index (χ0) is 13.2. The van der Waals surface area contributed by atoms with Gasteiger partial charge in [-0.15, -0.1) is 0 Å². The summed E-state index contributed by atoms with van der Waals surface area (Å²) in [6, 6.07) is 4.58. The number of β-amino-alcohol motifs (C(OH)–C–C–N with tert-alkyl or cyclic N) is 1. The van der Waals surface area contributed by atoms with Gasteiger partial charge in [-0.2, -0.15) is 0 Å². The molecule has 1 aromatic rings. The number of likely N-dealkylation sites (tertiary alicyclic amines) is 1. The Kier molecular flexibility index (Phi) is 10.3. The average molecular weight is 524 g/mol. The summed E-state index contributed by atoms with van der Waals surface area (Å²) < 4.78 is 0. The van der Waals surface area contributed by atoms with Crippen LogP contribution in [0.5, 0.6) is 0 Å². The zero-order valence-electron chi connectivity index (χ0n) is 10.0. The molecule has 6 heteroatoms. The van der Waals surface area contributed by atoms with Crippen molar-refractivity contribution in [3.8, 4) is 0 Å². The van der Waals surface area contributed by atoms with E-state index in [1.54, 1.807) is 8.46 Å². The van der Waals surface area contributed by atoms with Crippen molar-refractivity contribution in [2.24, 2.45) is 0 Å². The number of aliphatic hydroxyl groups is 1. The van der Waals surface area contributed by atoms with Gasteiger partial charge in [0.05, 0.1) is 6.61 Å². The molecule has 0 radical (unpaired) electrons. The topological polar surface area (TPSA) is 36.4 Å². The van der Waals surface area contributed by atoms with Gasteiger partial charge >= 0.3 is 49.1 Å². The Morgan fingerprint density at radius 3 is 2.83 bits per heavy atom. The van der Waals surface area contributed by atoms with Crippen LogP contribution in [-0.2, 0) is 8.46 Å². The van der Waals surface area contributed by atoms with Crippen LogP contribution < -0.4 is 0 Å². The molecule has 1 atom stereocenters. The van der Waals surface area contributed by atoms with Gasteiger partial charge in [0.25, 0.3) is 0 Å². The number of aromatic nitrogens is 1. The standard InChI is InChI=1S/C12H18N2O.Cu.2HI/c15-9-8-14-7-2-1-5-12(14)11-4-3-6-13-10-11;;;/h3-4,6,10,12,15H,1-2,5,7-9H2;;2*1H/q;+2;;/p-2. The number of hydrogen-bond acceptors (Lipinski definition) is 3. The van der Waals surface area contributed by atoms with E-state index >= 15 is 0 Å². The van der Waals surface area contributed by atoms with Crippen molar-refractivity contribution in [1.29, 1.82) is 0 Å². The van der Waals surface area contributed by atoms with Crippen LogP contribution in [0.25, 0.3) is 0 Å². The van der Waals surface area contributed by atoms with Crippen molar-refractivity contribution in [3.63, 3.8) is 0 Å². The molecule has 18 heavy (non-hydrogen) atoms. The SMILES string of the molecule is OCCN1CCCCC1c1cccnc1.[I][Cu][I]. The first kappa shape index (κ1) is 17.1. The molecule has 1 fully saturated rings. The normalized spacial score (nSPS) is 20.3. The van der Waals surface area contributed by atoms with Gasteiger partial charge in [0.1, 0.15) is 0 Å². The fourth-order valence-corrected chi connectivity index (χ4v) is 2.34. The van der Waals surface area contributed by atoms with Gasteiger partial charge in [0, 0.05) is 25.0 Å². The van der Waals surface area contributed by atoms with Crippen molar-refractivity contribution in [2.75, 3.05) is 19.7 Å². The fourth-order valence-electron chi connectivity index (χ4n) is 2.34. The Morgan fingerprint density at radius 1 is 1.44 bits per heavy atom. The molecule has 0 aliphatic carbocycles. The summed E-state index contributed by atoms with van der Waals surface area (Å²) >= 11 is 4.36. The molecule has 0 amide bonds. The molecule has 1 saturated heterocycles. The molecule has 0 saturated carbocycles. The molecule has 1 N–H and O–H groups in total. The molecule has 0 bridgehead atoms. The van der Waals surface area contributed by atoms with Crippen LogP contribution in [0.4, 0.5) is 0 Å². The molecule has 2 rings (SSSR count). The van der Waals surface area contributed by atoms with Crippen molar-refractivity contribution < 1.29 is 13.6 Å². The molecule has 2 heterocycles. The summed E-state index contributed by atoms with van der Waals surface area (Å²) in [6.07, 6.45) is 7.47. The van der Waals surface area contributed by atoms with Crippen molar-refractivity contribution in [3.05, 3.63) is 30.1 Å². The molecular formula is C12H18CuI2N2O. The van der Waals surface area contributed by atoms with E-state index in [0.29, 0.717) is 6.04 Å². The van der Waals surface area contributed by atoms with Crippen molar-refractivity contribution in [1.82, 2.24) is 9.88 Å². The molecule has 107 valence electrons. The van der Waals surface area contributed by atoms with Crippen LogP contribution in [0.2, 0.25) is 0 Å². The van der Waals surface area contributed by atoms with Crippen LogP contribution >= 0.6 is 40.7 Å². The van der Waals surface area contributed by atoms with Crippen molar-refractivity contribution >= 4 is 40.7 Å². The number of nitrogens with zero attached hydrogens (tertiary/aromatic N) is 2. The molecule has 1 unspecified atom stereocenters. The van der Waals surface area contributed by atoms with E-state index in [0.717, 1.165) is 13.1 Å². The van der Waals surface area contributed by atoms with Gasteiger partial charge in [-0.25, -0.2) is 0 Å². The third-order valence-corrected chi connectivity index (χ3v) is 3.07. The molecule has 0 aromatic carbocycles. The van der Waals surface area contributed by atoms with Gasteiger partial charge < -0.3 is 5.11 Å². The third kappa shape index (κ3) is 6.00. The second-order valence-electron chi connectivity index (χ2n) is 4.10. The number of rotatable bonds is 3. The van der Waals surface area contributed by atoms with Gasteiger partial charge in [-0.1, -0.05) is 12.5 Å². The van der Waals surface area contributed by atoms with Crippen LogP contribution in [0.3, 0.4) is 0 Å². The fraction of sp³-hybridized carbons (Fsp3) is 0.583. The van der Waals surface area contributed by atoms with E-state index in [2.05, 4.69) is 56.6 Å². The summed E-state index contributed by atoms with van der Waals surface area (Å²) in [5.74, 6) is 0. The maximum atomic E-state index is 9.03. The van der Waals surface area contributed by atoms with E-state index in [1.807, 2.05) is 18.5 Å². The van der Waals surface area contributed by atoms with Gasteiger partial charge in [-0.3, -0.25) is 9.88 Å². The first-order valence-corrected chi connectivity index (χ1v) is 12.0. The van der Waals surface area contributed by atoms with E-state index < -0.39 is 0 Å². The Labute approximate surface area is 138 Å². The van der Waals surface area contributed by atoms with Gasteiger partial charge in [0.15, 0.2) is 0 Å². The average Bonchev–Trinajstić information content (AvgIpc) is 2.42. The van der Waals surface area contributed by atoms with E-state index in [-0.39, 0.29) is 6.61 Å². The Bertz CT molecular complexity index is 314. The number of pyridine rings is 1.